The number of rotatable bonds is 16. The first-order chi connectivity index (χ1) is 17.5. The van der Waals surface area contributed by atoms with Crippen LogP contribution < -0.4 is 24.8 Å². The Hall–Kier alpha value is -3.61. The van der Waals surface area contributed by atoms with Gasteiger partial charge in [0.15, 0.2) is 18.1 Å². The van der Waals surface area contributed by atoms with E-state index in [0.717, 1.165) is 30.5 Å². The number of H-pyrrole nitrogens is 1. The van der Waals surface area contributed by atoms with Gasteiger partial charge in [-0.25, -0.2) is 14.8 Å². The fourth-order valence-corrected chi connectivity index (χ4v) is 3.70. The highest BCUT2D eigenvalue weighted by atomic mass is 16.6. The molecule has 0 spiro atoms. The third-order valence-corrected chi connectivity index (χ3v) is 5.35. The first-order valence-electron chi connectivity index (χ1n) is 11.6. The Balaban J connectivity index is 1.92. The molecule has 36 heavy (non-hydrogen) atoms. The normalized spacial score (nSPS) is 11.1. The van der Waals surface area contributed by atoms with Crippen molar-refractivity contribution in [2.75, 3.05) is 66.5 Å². The predicted molar refractivity (Wildman–Crippen MR) is 136 cm³/mol. The summed E-state index contributed by atoms with van der Waals surface area (Å²) in [6.07, 6.45) is 4.45. The number of carboxylic acids is 1. The van der Waals surface area contributed by atoms with Crippen molar-refractivity contribution in [1.29, 1.82) is 0 Å². The van der Waals surface area contributed by atoms with E-state index in [1.165, 1.54) is 13.4 Å². The van der Waals surface area contributed by atoms with Gasteiger partial charge in [-0.2, -0.15) is 0 Å². The van der Waals surface area contributed by atoms with E-state index < -0.39 is 12.6 Å². The van der Waals surface area contributed by atoms with Crippen molar-refractivity contribution < 1.29 is 28.8 Å². The standard InChI is InChI=1S/C24H34N6O6/c1-25-6-5-7-30(2)13-16-12-26-23-21(16)24(28-15-27-23)29-17-10-18(34-4)22(35-9-8-33-3)19(11-17)36-14-20(31)32/h10-12,15,25H,5-9,13-14H2,1-4H3,(H,31,32)(H2,26,27,28,29). The SMILES string of the molecule is CNCCCN(C)Cc1c[nH]c2ncnc(Nc3cc(OC)c(OCCOC)c(OCC(=O)O)c3)c12. The molecule has 0 radical (unpaired) electrons. The van der Waals surface area contributed by atoms with Crippen molar-refractivity contribution in [3.8, 4) is 17.2 Å². The Morgan fingerprint density at radius 3 is 2.69 bits per heavy atom. The van der Waals surface area contributed by atoms with Crippen molar-refractivity contribution in [2.45, 2.75) is 13.0 Å². The highest BCUT2D eigenvalue weighted by Crippen LogP contribution is 2.41. The first kappa shape index (κ1) is 27.0. The number of aromatic nitrogens is 3. The van der Waals surface area contributed by atoms with E-state index in [1.54, 1.807) is 19.2 Å². The van der Waals surface area contributed by atoms with Gasteiger partial charge in [-0.15, -0.1) is 0 Å². The molecule has 3 rings (SSSR count). The van der Waals surface area contributed by atoms with Crippen LogP contribution in [0.25, 0.3) is 11.0 Å². The van der Waals surface area contributed by atoms with Gasteiger partial charge in [0.1, 0.15) is 24.4 Å². The van der Waals surface area contributed by atoms with Gasteiger partial charge in [-0.3, -0.25) is 0 Å². The molecule has 0 aliphatic heterocycles. The van der Waals surface area contributed by atoms with Crippen molar-refractivity contribution in [2.24, 2.45) is 0 Å². The molecule has 12 heteroatoms. The Labute approximate surface area is 209 Å². The summed E-state index contributed by atoms with van der Waals surface area (Å²) in [5, 5.41) is 16.5. The minimum absolute atomic E-state index is 0.221. The summed E-state index contributed by atoms with van der Waals surface area (Å²) in [7, 11) is 7.08. The maximum absolute atomic E-state index is 11.1. The zero-order chi connectivity index (χ0) is 25.9. The predicted octanol–water partition coefficient (Wildman–Crippen LogP) is 2.24. The van der Waals surface area contributed by atoms with Crippen LogP contribution in [0.2, 0.25) is 0 Å². The number of benzene rings is 1. The van der Waals surface area contributed by atoms with Crippen LogP contribution in [-0.4, -0.2) is 92.2 Å². The van der Waals surface area contributed by atoms with Gasteiger partial charge < -0.3 is 44.6 Å². The third kappa shape index (κ3) is 7.20. The van der Waals surface area contributed by atoms with Gasteiger partial charge in [0.05, 0.1) is 19.1 Å². The van der Waals surface area contributed by atoms with Crippen LogP contribution in [-0.2, 0) is 16.1 Å². The lowest BCUT2D eigenvalue weighted by molar-refractivity contribution is -0.139. The number of nitrogens with zero attached hydrogens (tertiary/aromatic N) is 3. The smallest absolute Gasteiger partial charge is 0.341 e. The molecular formula is C24H34N6O6. The minimum Gasteiger partial charge on any atom is -0.493 e. The fourth-order valence-electron chi connectivity index (χ4n) is 3.70. The zero-order valence-corrected chi connectivity index (χ0v) is 21.1. The number of aromatic amines is 1. The van der Waals surface area contributed by atoms with Gasteiger partial charge in [0.2, 0.25) is 5.75 Å². The second-order valence-corrected chi connectivity index (χ2v) is 8.11. The summed E-state index contributed by atoms with van der Waals surface area (Å²) in [5.41, 5.74) is 2.34. The molecule has 0 saturated heterocycles. The lowest BCUT2D eigenvalue weighted by Crippen LogP contribution is -2.22. The van der Waals surface area contributed by atoms with Crippen molar-refractivity contribution >= 4 is 28.5 Å². The number of fused-ring (bicyclic) bond motifs is 1. The van der Waals surface area contributed by atoms with Gasteiger partial charge in [-0.05, 0) is 39.2 Å². The molecule has 0 saturated carbocycles. The van der Waals surface area contributed by atoms with E-state index in [4.69, 9.17) is 24.1 Å². The fraction of sp³-hybridized carbons (Fsp3) is 0.458. The molecule has 12 nitrogen and oxygen atoms in total. The van der Waals surface area contributed by atoms with E-state index in [9.17, 15) is 4.79 Å². The monoisotopic (exact) mass is 502 g/mol. The average molecular weight is 503 g/mol. The number of carbonyl (C=O) groups is 1. The van der Waals surface area contributed by atoms with Crippen molar-refractivity contribution in [1.82, 2.24) is 25.2 Å². The highest BCUT2D eigenvalue weighted by Gasteiger charge is 2.18. The molecule has 196 valence electrons. The number of nitrogens with one attached hydrogen (secondary N) is 3. The van der Waals surface area contributed by atoms with Crippen LogP contribution in [0.3, 0.4) is 0 Å². The summed E-state index contributed by atoms with van der Waals surface area (Å²) in [6, 6.07) is 3.39. The summed E-state index contributed by atoms with van der Waals surface area (Å²) in [4.78, 5) is 25.4. The van der Waals surface area contributed by atoms with Crippen LogP contribution >= 0.6 is 0 Å². The number of aliphatic carboxylic acids is 1. The Bertz CT molecular complexity index is 1140. The van der Waals surface area contributed by atoms with Crippen LogP contribution in [0.4, 0.5) is 11.5 Å². The molecule has 2 heterocycles. The molecule has 0 aliphatic carbocycles. The largest absolute Gasteiger partial charge is 0.493 e. The van der Waals surface area contributed by atoms with E-state index in [0.29, 0.717) is 41.8 Å². The molecule has 2 aromatic heterocycles. The summed E-state index contributed by atoms with van der Waals surface area (Å²) in [6.45, 7) is 2.66. The van der Waals surface area contributed by atoms with Crippen molar-refractivity contribution in [3.63, 3.8) is 0 Å². The van der Waals surface area contributed by atoms with Gasteiger partial charge >= 0.3 is 5.97 Å². The van der Waals surface area contributed by atoms with Gasteiger partial charge in [0.25, 0.3) is 0 Å². The summed E-state index contributed by atoms with van der Waals surface area (Å²) >= 11 is 0. The minimum atomic E-state index is -1.11. The summed E-state index contributed by atoms with van der Waals surface area (Å²) in [5.74, 6) is 0.377. The first-order valence-corrected chi connectivity index (χ1v) is 11.6. The molecule has 0 amide bonds. The number of anilines is 2. The van der Waals surface area contributed by atoms with Crippen LogP contribution in [0.5, 0.6) is 17.2 Å². The van der Waals surface area contributed by atoms with E-state index >= 15 is 0 Å². The van der Waals surface area contributed by atoms with E-state index in [2.05, 4.69) is 37.5 Å². The molecule has 0 aliphatic rings. The topological polar surface area (TPSA) is 143 Å². The second-order valence-electron chi connectivity index (χ2n) is 8.11. The third-order valence-electron chi connectivity index (χ3n) is 5.35. The molecule has 4 N–H and O–H groups in total. The summed E-state index contributed by atoms with van der Waals surface area (Å²) < 4.78 is 21.8. The Morgan fingerprint density at radius 1 is 1.17 bits per heavy atom. The molecule has 0 bridgehead atoms. The van der Waals surface area contributed by atoms with E-state index in [-0.39, 0.29) is 12.4 Å². The van der Waals surface area contributed by atoms with Crippen LogP contribution in [0, 0.1) is 0 Å². The molecule has 0 fully saturated rings. The van der Waals surface area contributed by atoms with Crippen molar-refractivity contribution in [3.05, 3.63) is 30.2 Å². The molecule has 0 atom stereocenters. The number of methoxy groups -OCH3 is 2. The molecule has 1 aromatic carbocycles. The molecule has 3 aromatic rings. The van der Waals surface area contributed by atoms with Crippen LogP contribution in [0.1, 0.15) is 12.0 Å². The number of hydrogen-bond donors (Lipinski definition) is 4. The van der Waals surface area contributed by atoms with Gasteiger partial charge in [0, 0.05) is 37.7 Å². The lowest BCUT2D eigenvalue weighted by Gasteiger charge is -2.18. The molecule has 0 unspecified atom stereocenters. The average Bonchev–Trinajstić information content (AvgIpc) is 3.27. The molecular weight excluding hydrogens is 468 g/mol. The maximum atomic E-state index is 11.1. The highest BCUT2D eigenvalue weighted by molar-refractivity contribution is 5.92. The number of ether oxygens (including phenoxy) is 4. The quantitative estimate of drug-likeness (QED) is 0.214. The zero-order valence-electron chi connectivity index (χ0n) is 21.1. The Morgan fingerprint density at radius 2 is 1.97 bits per heavy atom. The number of hydrogen-bond acceptors (Lipinski definition) is 10. The maximum Gasteiger partial charge on any atom is 0.341 e. The lowest BCUT2D eigenvalue weighted by atomic mass is 10.2. The van der Waals surface area contributed by atoms with Gasteiger partial charge in [-0.1, -0.05) is 0 Å². The number of carboxylic acid groups (broad SMARTS) is 1. The Kier molecular flexibility index (Phi) is 10.1. The van der Waals surface area contributed by atoms with Crippen LogP contribution in [0.15, 0.2) is 24.7 Å². The van der Waals surface area contributed by atoms with E-state index in [1.807, 2.05) is 13.2 Å². The second kappa shape index (κ2) is 13.5.